The first-order valence-corrected chi connectivity index (χ1v) is 5.55. The molecule has 0 aliphatic carbocycles. The summed E-state index contributed by atoms with van der Waals surface area (Å²) >= 11 is 0. The van der Waals surface area contributed by atoms with Crippen molar-refractivity contribution in [1.82, 2.24) is 5.32 Å². The lowest BCUT2D eigenvalue weighted by atomic mass is 9.84. The zero-order valence-corrected chi connectivity index (χ0v) is 10.8. The summed E-state index contributed by atoms with van der Waals surface area (Å²) in [5, 5.41) is 3.14. The van der Waals surface area contributed by atoms with Crippen molar-refractivity contribution in [3.8, 4) is 5.75 Å². The maximum Gasteiger partial charge on any atom is 0.123 e. The number of halogens is 1. The molecular weight excluding hydrogens is 221 g/mol. The van der Waals surface area contributed by atoms with Crippen molar-refractivity contribution in [2.45, 2.75) is 19.3 Å². The highest BCUT2D eigenvalue weighted by atomic mass is 19.1. The van der Waals surface area contributed by atoms with Crippen LogP contribution in [0.25, 0.3) is 0 Å². The van der Waals surface area contributed by atoms with Crippen LogP contribution >= 0.6 is 0 Å². The number of benzene rings is 1. The Kier molecular flexibility index (Phi) is 4.90. The molecule has 0 saturated heterocycles. The van der Waals surface area contributed by atoms with Gasteiger partial charge in [-0.15, -0.1) is 0 Å². The number of hydrogen-bond donors (Lipinski definition) is 1. The van der Waals surface area contributed by atoms with E-state index in [2.05, 4.69) is 5.32 Å². The van der Waals surface area contributed by atoms with Gasteiger partial charge in [0.05, 0.1) is 13.8 Å². The van der Waals surface area contributed by atoms with Crippen molar-refractivity contribution in [3.63, 3.8) is 0 Å². The molecule has 3 nitrogen and oxygen atoms in total. The highest BCUT2D eigenvalue weighted by Gasteiger charge is 2.24. The molecule has 0 heterocycles. The van der Waals surface area contributed by atoms with Crippen molar-refractivity contribution in [2.24, 2.45) is 0 Å². The molecule has 0 fully saturated rings. The first-order chi connectivity index (χ1) is 8.01. The van der Waals surface area contributed by atoms with Crippen LogP contribution in [0.2, 0.25) is 0 Å². The molecule has 0 amide bonds. The van der Waals surface area contributed by atoms with Gasteiger partial charge in [0.1, 0.15) is 11.6 Å². The van der Waals surface area contributed by atoms with Gasteiger partial charge in [0.2, 0.25) is 0 Å². The summed E-state index contributed by atoms with van der Waals surface area (Å²) < 4.78 is 23.5. The molecule has 1 aromatic rings. The van der Waals surface area contributed by atoms with Crippen molar-refractivity contribution in [3.05, 3.63) is 29.6 Å². The first kappa shape index (κ1) is 13.9. The van der Waals surface area contributed by atoms with Crippen LogP contribution in [0.5, 0.6) is 5.75 Å². The Morgan fingerprint density at radius 3 is 2.59 bits per heavy atom. The summed E-state index contributed by atoms with van der Waals surface area (Å²) in [6.45, 7) is 5.22. The minimum atomic E-state index is -0.249. The van der Waals surface area contributed by atoms with E-state index in [9.17, 15) is 4.39 Å². The lowest BCUT2D eigenvalue weighted by molar-refractivity contribution is 0.169. The highest BCUT2D eigenvalue weighted by Crippen LogP contribution is 2.31. The topological polar surface area (TPSA) is 30.5 Å². The smallest absolute Gasteiger partial charge is 0.123 e. The Labute approximate surface area is 102 Å². The summed E-state index contributed by atoms with van der Waals surface area (Å²) in [5.74, 6) is 0.455. The summed E-state index contributed by atoms with van der Waals surface area (Å²) in [6, 6.07) is 4.58. The zero-order valence-electron chi connectivity index (χ0n) is 10.8. The fourth-order valence-electron chi connectivity index (χ4n) is 1.77. The third kappa shape index (κ3) is 3.68. The molecule has 0 atom stereocenters. The lowest BCUT2D eigenvalue weighted by Gasteiger charge is -2.27. The monoisotopic (exact) mass is 241 g/mol. The fraction of sp³-hybridized carbons (Fsp3) is 0.538. The predicted octanol–water partition coefficient (Wildman–Crippen LogP) is 2.31. The molecule has 0 unspecified atom stereocenters. The van der Waals surface area contributed by atoms with Gasteiger partial charge in [0.25, 0.3) is 0 Å². The van der Waals surface area contributed by atoms with Crippen molar-refractivity contribution >= 4 is 0 Å². The fourth-order valence-corrected chi connectivity index (χ4v) is 1.77. The van der Waals surface area contributed by atoms with Crippen LogP contribution in [-0.2, 0) is 10.2 Å². The molecule has 0 spiro atoms. The Hall–Kier alpha value is -1.13. The summed E-state index contributed by atoms with van der Waals surface area (Å²) in [6.07, 6.45) is 0. The Morgan fingerprint density at radius 1 is 1.29 bits per heavy atom. The van der Waals surface area contributed by atoms with Gasteiger partial charge in [-0.25, -0.2) is 4.39 Å². The zero-order chi connectivity index (χ0) is 12.9. The van der Waals surface area contributed by atoms with Gasteiger partial charge >= 0.3 is 0 Å². The summed E-state index contributed by atoms with van der Waals surface area (Å²) in [4.78, 5) is 0. The molecule has 1 rings (SSSR count). The first-order valence-electron chi connectivity index (χ1n) is 5.55. The van der Waals surface area contributed by atoms with E-state index in [0.717, 1.165) is 5.56 Å². The highest BCUT2D eigenvalue weighted by molar-refractivity contribution is 5.39. The molecule has 1 aromatic carbocycles. The lowest BCUT2D eigenvalue weighted by Crippen LogP contribution is -2.34. The SMILES string of the molecule is COCNCC(C)(C)c1cc(F)ccc1OC. The average Bonchev–Trinajstić information content (AvgIpc) is 2.29. The van der Waals surface area contributed by atoms with Crippen LogP contribution in [0, 0.1) is 5.82 Å². The molecule has 96 valence electrons. The van der Waals surface area contributed by atoms with Gasteiger partial charge in [0.15, 0.2) is 0 Å². The molecule has 0 aromatic heterocycles. The summed E-state index contributed by atoms with van der Waals surface area (Å²) in [7, 11) is 3.22. The number of ether oxygens (including phenoxy) is 2. The maximum absolute atomic E-state index is 13.3. The molecule has 0 radical (unpaired) electrons. The molecule has 0 aliphatic heterocycles. The van der Waals surface area contributed by atoms with Crippen LogP contribution in [0.3, 0.4) is 0 Å². The molecule has 1 N–H and O–H groups in total. The van der Waals surface area contributed by atoms with E-state index in [0.29, 0.717) is 19.0 Å². The quantitative estimate of drug-likeness (QED) is 0.612. The van der Waals surface area contributed by atoms with Crippen LogP contribution in [0.15, 0.2) is 18.2 Å². The largest absolute Gasteiger partial charge is 0.496 e. The number of methoxy groups -OCH3 is 2. The second kappa shape index (κ2) is 5.98. The normalized spacial score (nSPS) is 11.6. The predicted molar refractivity (Wildman–Crippen MR) is 65.9 cm³/mol. The van der Waals surface area contributed by atoms with Gasteiger partial charge < -0.3 is 9.47 Å². The molecule has 0 saturated carbocycles. The van der Waals surface area contributed by atoms with Gasteiger partial charge in [-0.05, 0) is 18.2 Å². The van der Waals surface area contributed by atoms with Crippen molar-refractivity contribution in [2.75, 3.05) is 27.5 Å². The molecule has 17 heavy (non-hydrogen) atoms. The van der Waals surface area contributed by atoms with Crippen LogP contribution in [0.1, 0.15) is 19.4 Å². The third-order valence-corrected chi connectivity index (χ3v) is 2.70. The molecule has 0 aliphatic rings. The van der Waals surface area contributed by atoms with E-state index >= 15 is 0 Å². The average molecular weight is 241 g/mol. The minimum Gasteiger partial charge on any atom is -0.496 e. The minimum absolute atomic E-state index is 0.230. The molecular formula is C13H20FNO2. The number of nitrogens with one attached hydrogen (secondary N) is 1. The van der Waals surface area contributed by atoms with E-state index in [1.807, 2.05) is 13.8 Å². The van der Waals surface area contributed by atoms with E-state index < -0.39 is 0 Å². The number of rotatable bonds is 6. The third-order valence-electron chi connectivity index (χ3n) is 2.70. The van der Waals surface area contributed by atoms with Gasteiger partial charge in [0, 0.05) is 24.6 Å². The van der Waals surface area contributed by atoms with E-state index in [1.165, 1.54) is 12.1 Å². The van der Waals surface area contributed by atoms with Gasteiger partial charge in [-0.3, -0.25) is 5.32 Å². The Bertz CT molecular complexity index is 366. The van der Waals surface area contributed by atoms with Crippen LogP contribution in [0.4, 0.5) is 4.39 Å². The van der Waals surface area contributed by atoms with Crippen LogP contribution < -0.4 is 10.1 Å². The van der Waals surface area contributed by atoms with Crippen molar-refractivity contribution in [1.29, 1.82) is 0 Å². The van der Waals surface area contributed by atoms with E-state index in [-0.39, 0.29) is 11.2 Å². The Balaban J connectivity index is 2.91. The second-order valence-electron chi connectivity index (χ2n) is 4.59. The maximum atomic E-state index is 13.3. The Morgan fingerprint density at radius 2 is 2.00 bits per heavy atom. The van der Waals surface area contributed by atoms with Crippen molar-refractivity contribution < 1.29 is 13.9 Å². The van der Waals surface area contributed by atoms with Crippen LogP contribution in [-0.4, -0.2) is 27.5 Å². The van der Waals surface area contributed by atoms with Gasteiger partial charge in [-0.2, -0.15) is 0 Å². The standard InChI is InChI=1S/C13H20FNO2/c1-13(2,8-15-9-16-3)11-7-10(14)5-6-12(11)17-4/h5-7,15H,8-9H2,1-4H3. The van der Waals surface area contributed by atoms with E-state index in [1.54, 1.807) is 20.3 Å². The number of hydrogen-bond acceptors (Lipinski definition) is 3. The van der Waals surface area contributed by atoms with Gasteiger partial charge in [-0.1, -0.05) is 13.8 Å². The van der Waals surface area contributed by atoms with E-state index in [4.69, 9.17) is 9.47 Å². The molecule has 4 heteroatoms. The second-order valence-corrected chi connectivity index (χ2v) is 4.59. The molecule has 0 bridgehead atoms. The summed E-state index contributed by atoms with van der Waals surface area (Å²) in [5.41, 5.74) is 0.620.